The number of carbonyl (C=O) groups is 2. The lowest BCUT2D eigenvalue weighted by atomic mass is 10.1. The van der Waals surface area contributed by atoms with E-state index >= 15 is 0 Å². The Morgan fingerprint density at radius 2 is 2.24 bits per heavy atom. The van der Waals surface area contributed by atoms with Crippen molar-refractivity contribution < 1.29 is 9.59 Å². The molecular formula is C15H22N4O2. The fourth-order valence-electron chi connectivity index (χ4n) is 2.59. The number of pyridine rings is 1. The Balaban J connectivity index is 2.28. The van der Waals surface area contributed by atoms with Crippen molar-refractivity contribution in [1.82, 2.24) is 15.2 Å². The summed E-state index contributed by atoms with van der Waals surface area (Å²) in [6, 6.07) is 3.13. The molecule has 1 aromatic rings. The molecule has 2 amide bonds. The van der Waals surface area contributed by atoms with Crippen LogP contribution in [0, 0.1) is 6.92 Å². The van der Waals surface area contributed by atoms with E-state index in [1.54, 1.807) is 17.0 Å². The van der Waals surface area contributed by atoms with E-state index in [0.717, 1.165) is 12.2 Å². The molecule has 1 aliphatic rings. The van der Waals surface area contributed by atoms with Crippen LogP contribution >= 0.6 is 0 Å². The lowest BCUT2D eigenvalue weighted by Crippen LogP contribution is -2.56. The van der Waals surface area contributed by atoms with Crippen molar-refractivity contribution in [2.24, 2.45) is 0 Å². The molecule has 2 N–H and O–H groups in total. The molecule has 1 aromatic heterocycles. The fourth-order valence-corrected chi connectivity index (χ4v) is 2.59. The smallest absolute Gasteiger partial charge is 0.254 e. The second-order valence-electron chi connectivity index (χ2n) is 5.13. The van der Waals surface area contributed by atoms with Gasteiger partial charge in [-0.1, -0.05) is 6.92 Å². The highest BCUT2D eigenvalue weighted by molar-refractivity contribution is 5.98. The van der Waals surface area contributed by atoms with Gasteiger partial charge in [-0.3, -0.25) is 9.59 Å². The highest BCUT2D eigenvalue weighted by Gasteiger charge is 2.32. The summed E-state index contributed by atoms with van der Waals surface area (Å²) in [5, 5.41) is 5.92. The van der Waals surface area contributed by atoms with Gasteiger partial charge in [0.25, 0.3) is 5.91 Å². The van der Waals surface area contributed by atoms with Gasteiger partial charge in [0.15, 0.2) is 0 Å². The lowest BCUT2D eigenvalue weighted by molar-refractivity contribution is -0.127. The maximum absolute atomic E-state index is 12.7. The zero-order chi connectivity index (χ0) is 15.4. The molecule has 1 fully saturated rings. The summed E-state index contributed by atoms with van der Waals surface area (Å²) in [6.45, 7) is 7.54. The highest BCUT2D eigenvalue weighted by atomic mass is 16.2. The van der Waals surface area contributed by atoms with Gasteiger partial charge in [0, 0.05) is 30.9 Å². The van der Waals surface area contributed by atoms with E-state index in [-0.39, 0.29) is 17.9 Å². The molecule has 6 nitrogen and oxygen atoms in total. The third kappa shape index (κ3) is 3.32. The first-order valence-electron chi connectivity index (χ1n) is 7.38. The minimum Gasteiger partial charge on any atom is -0.370 e. The van der Waals surface area contributed by atoms with Crippen LogP contribution in [0.3, 0.4) is 0 Å². The SMILES string of the molecule is CCNc1cc(C(=O)N2CCNC(=O)C2CC)cc(C)n1. The van der Waals surface area contributed by atoms with Crippen LogP contribution in [0.5, 0.6) is 0 Å². The van der Waals surface area contributed by atoms with E-state index < -0.39 is 0 Å². The van der Waals surface area contributed by atoms with E-state index in [2.05, 4.69) is 15.6 Å². The van der Waals surface area contributed by atoms with Crippen molar-refractivity contribution in [3.63, 3.8) is 0 Å². The minimum atomic E-state index is -0.387. The molecule has 0 saturated carbocycles. The van der Waals surface area contributed by atoms with Gasteiger partial charge >= 0.3 is 0 Å². The van der Waals surface area contributed by atoms with E-state index in [4.69, 9.17) is 0 Å². The first kappa shape index (κ1) is 15.3. The van der Waals surface area contributed by atoms with Crippen LogP contribution in [0.1, 0.15) is 36.3 Å². The normalized spacial score (nSPS) is 18.3. The van der Waals surface area contributed by atoms with Crippen LogP contribution in [0.15, 0.2) is 12.1 Å². The van der Waals surface area contributed by atoms with Crippen molar-refractivity contribution >= 4 is 17.6 Å². The summed E-state index contributed by atoms with van der Waals surface area (Å²) in [7, 11) is 0. The molecule has 1 atom stereocenters. The predicted octanol–water partition coefficient (Wildman–Crippen LogP) is 1.17. The monoisotopic (exact) mass is 290 g/mol. The first-order chi connectivity index (χ1) is 10.1. The van der Waals surface area contributed by atoms with E-state index in [0.29, 0.717) is 30.9 Å². The topological polar surface area (TPSA) is 74.3 Å². The number of nitrogens with zero attached hydrogens (tertiary/aromatic N) is 2. The molecule has 1 saturated heterocycles. The van der Waals surface area contributed by atoms with Gasteiger partial charge in [-0.25, -0.2) is 4.98 Å². The Morgan fingerprint density at radius 1 is 1.48 bits per heavy atom. The molecule has 0 spiro atoms. The second-order valence-corrected chi connectivity index (χ2v) is 5.13. The quantitative estimate of drug-likeness (QED) is 0.873. The van der Waals surface area contributed by atoms with Crippen LogP contribution in [0.25, 0.3) is 0 Å². The van der Waals surface area contributed by atoms with Gasteiger partial charge in [-0.2, -0.15) is 0 Å². The molecule has 2 rings (SSSR count). The molecule has 114 valence electrons. The van der Waals surface area contributed by atoms with Gasteiger partial charge < -0.3 is 15.5 Å². The number of amides is 2. The predicted molar refractivity (Wildman–Crippen MR) is 81.3 cm³/mol. The molecule has 0 aliphatic carbocycles. The van der Waals surface area contributed by atoms with Gasteiger partial charge in [-0.15, -0.1) is 0 Å². The maximum Gasteiger partial charge on any atom is 0.254 e. The molecular weight excluding hydrogens is 268 g/mol. The van der Waals surface area contributed by atoms with Crippen molar-refractivity contribution in [2.45, 2.75) is 33.2 Å². The average molecular weight is 290 g/mol. The zero-order valence-corrected chi connectivity index (χ0v) is 12.8. The Labute approximate surface area is 124 Å². The number of hydrogen-bond acceptors (Lipinski definition) is 4. The molecule has 0 radical (unpaired) electrons. The third-order valence-electron chi connectivity index (χ3n) is 3.54. The van der Waals surface area contributed by atoms with Gasteiger partial charge in [0.2, 0.25) is 5.91 Å². The summed E-state index contributed by atoms with van der Waals surface area (Å²) in [5.41, 5.74) is 1.36. The fraction of sp³-hybridized carbons (Fsp3) is 0.533. The maximum atomic E-state index is 12.7. The average Bonchev–Trinajstić information content (AvgIpc) is 2.46. The van der Waals surface area contributed by atoms with E-state index in [1.165, 1.54) is 0 Å². The summed E-state index contributed by atoms with van der Waals surface area (Å²) >= 11 is 0. The van der Waals surface area contributed by atoms with Gasteiger partial charge in [-0.05, 0) is 32.4 Å². The Hall–Kier alpha value is -2.11. The van der Waals surface area contributed by atoms with Crippen LogP contribution in [-0.4, -0.2) is 47.4 Å². The minimum absolute atomic E-state index is 0.0743. The molecule has 6 heteroatoms. The summed E-state index contributed by atoms with van der Waals surface area (Å²) in [6.07, 6.45) is 0.613. The summed E-state index contributed by atoms with van der Waals surface area (Å²) < 4.78 is 0. The third-order valence-corrected chi connectivity index (χ3v) is 3.54. The van der Waals surface area contributed by atoms with Gasteiger partial charge in [0.05, 0.1) is 0 Å². The Morgan fingerprint density at radius 3 is 2.90 bits per heavy atom. The second kappa shape index (κ2) is 6.56. The Bertz CT molecular complexity index is 544. The molecule has 0 aromatic carbocycles. The number of nitrogens with one attached hydrogen (secondary N) is 2. The zero-order valence-electron chi connectivity index (χ0n) is 12.8. The lowest BCUT2D eigenvalue weighted by Gasteiger charge is -2.34. The van der Waals surface area contributed by atoms with Crippen molar-refractivity contribution in [2.75, 3.05) is 25.0 Å². The molecule has 0 bridgehead atoms. The number of aryl methyl sites for hydroxylation is 1. The number of piperazine rings is 1. The summed E-state index contributed by atoms with van der Waals surface area (Å²) in [4.78, 5) is 30.6. The number of carbonyl (C=O) groups excluding carboxylic acids is 2. The van der Waals surface area contributed by atoms with Crippen LogP contribution in [0.2, 0.25) is 0 Å². The molecule has 1 unspecified atom stereocenters. The van der Waals surface area contributed by atoms with Gasteiger partial charge in [0.1, 0.15) is 11.9 Å². The molecule has 1 aliphatic heterocycles. The first-order valence-corrected chi connectivity index (χ1v) is 7.38. The largest absolute Gasteiger partial charge is 0.370 e. The summed E-state index contributed by atoms with van der Waals surface area (Å²) in [5.74, 6) is 0.506. The number of hydrogen-bond donors (Lipinski definition) is 2. The van der Waals surface area contributed by atoms with Crippen LogP contribution in [0.4, 0.5) is 5.82 Å². The highest BCUT2D eigenvalue weighted by Crippen LogP contribution is 2.17. The van der Waals surface area contributed by atoms with Crippen LogP contribution < -0.4 is 10.6 Å². The number of aromatic nitrogens is 1. The standard InChI is InChI=1S/C15H22N4O2/c1-4-12-14(20)17-6-7-19(12)15(21)11-8-10(3)18-13(9-11)16-5-2/h8-9,12H,4-7H2,1-3H3,(H,16,18)(H,17,20). The number of anilines is 1. The van der Waals surface area contributed by atoms with Crippen molar-refractivity contribution in [1.29, 1.82) is 0 Å². The Kier molecular flexibility index (Phi) is 4.77. The van der Waals surface area contributed by atoms with Crippen molar-refractivity contribution in [3.8, 4) is 0 Å². The van der Waals surface area contributed by atoms with E-state index in [9.17, 15) is 9.59 Å². The molecule has 21 heavy (non-hydrogen) atoms. The van der Waals surface area contributed by atoms with Crippen molar-refractivity contribution in [3.05, 3.63) is 23.4 Å². The number of rotatable bonds is 4. The molecule has 2 heterocycles. The van der Waals surface area contributed by atoms with E-state index in [1.807, 2.05) is 20.8 Å². The van der Waals surface area contributed by atoms with Crippen LogP contribution in [-0.2, 0) is 4.79 Å².